The van der Waals surface area contributed by atoms with Crippen LogP contribution in [0.25, 0.3) is 22.6 Å². The lowest BCUT2D eigenvalue weighted by Gasteiger charge is -2.11. The molecule has 0 aliphatic rings. The third-order valence-electron chi connectivity index (χ3n) is 4.75. The molecule has 0 atom stereocenters. The highest BCUT2D eigenvalue weighted by molar-refractivity contribution is 5.68. The summed E-state index contributed by atoms with van der Waals surface area (Å²) in [7, 11) is 0. The molecular weight excluding hydrogens is 386 g/mol. The number of nitrogens with one attached hydrogen (secondary N) is 1. The van der Waals surface area contributed by atoms with Crippen molar-refractivity contribution in [1.29, 1.82) is 0 Å². The number of nitrogens with zero attached hydrogens (tertiary/aromatic N) is 3. The van der Waals surface area contributed by atoms with E-state index in [-0.39, 0.29) is 18.1 Å². The van der Waals surface area contributed by atoms with Crippen molar-refractivity contribution in [3.05, 3.63) is 83.6 Å². The fourth-order valence-electron chi connectivity index (χ4n) is 3.16. The number of rotatable bonds is 6. The zero-order valence-corrected chi connectivity index (χ0v) is 16.6. The van der Waals surface area contributed by atoms with Crippen LogP contribution in [0.15, 0.2) is 55.0 Å². The fraction of sp³-hybridized carbons (Fsp3) is 0.174. The van der Waals surface area contributed by atoms with Gasteiger partial charge in [-0.25, -0.2) is 14.4 Å². The summed E-state index contributed by atoms with van der Waals surface area (Å²) in [6.07, 6.45) is 5.57. The lowest BCUT2D eigenvalue weighted by molar-refractivity contribution is 0.294. The molecule has 5 nitrogen and oxygen atoms in total. The van der Waals surface area contributed by atoms with E-state index in [0.29, 0.717) is 17.1 Å². The Labute approximate surface area is 172 Å². The van der Waals surface area contributed by atoms with E-state index in [9.17, 15) is 8.78 Å². The molecule has 0 saturated heterocycles. The highest BCUT2D eigenvalue weighted by Gasteiger charge is 2.11. The second-order valence-electron chi connectivity index (χ2n) is 6.92. The molecule has 4 aromatic rings. The van der Waals surface area contributed by atoms with Gasteiger partial charge in [-0.1, -0.05) is 6.92 Å². The minimum Gasteiger partial charge on any atom is -0.487 e. The monoisotopic (exact) mass is 406 g/mol. The lowest BCUT2D eigenvalue weighted by atomic mass is 10.0. The molecule has 30 heavy (non-hydrogen) atoms. The second-order valence-corrected chi connectivity index (χ2v) is 6.92. The third kappa shape index (κ3) is 4.20. The van der Waals surface area contributed by atoms with Gasteiger partial charge < -0.3 is 9.72 Å². The summed E-state index contributed by atoms with van der Waals surface area (Å²) in [5, 5.41) is 0. The van der Waals surface area contributed by atoms with Crippen molar-refractivity contribution in [1.82, 2.24) is 19.9 Å². The zero-order valence-electron chi connectivity index (χ0n) is 16.6. The Balaban J connectivity index is 1.54. The molecule has 1 aromatic carbocycles. The van der Waals surface area contributed by atoms with Crippen LogP contribution in [0.1, 0.15) is 23.7 Å². The Morgan fingerprint density at radius 3 is 2.57 bits per heavy atom. The first kappa shape index (κ1) is 19.7. The van der Waals surface area contributed by atoms with Gasteiger partial charge >= 0.3 is 0 Å². The molecule has 0 spiro atoms. The van der Waals surface area contributed by atoms with E-state index in [1.165, 1.54) is 18.3 Å². The number of aromatic nitrogens is 4. The van der Waals surface area contributed by atoms with Crippen molar-refractivity contribution in [3.63, 3.8) is 0 Å². The predicted octanol–water partition coefficient (Wildman–Crippen LogP) is 5.26. The number of aryl methyl sites for hydroxylation is 2. The Kier molecular flexibility index (Phi) is 5.52. The Bertz CT molecular complexity index is 1170. The van der Waals surface area contributed by atoms with Crippen LogP contribution in [0.3, 0.4) is 0 Å². The van der Waals surface area contributed by atoms with Crippen LogP contribution < -0.4 is 4.74 Å². The summed E-state index contributed by atoms with van der Waals surface area (Å²) in [5.74, 6) is 0.346. The number of pyridine rings is 2. The van der Waals surface area contributed by atoms with Crippen LogP contribution in [0.5, 0.6) is 5.75 Å². The predicted molar refractivity (Wildman–Crippen MR) is 110 cm³/mol. The van der Waals surface area contributed by atoms with Crippen molar-refractivity contribution in [3.8, 4) is 28.4 Å². The minimum absolute atomic E-state index is 0.0559. The normalized spacial score (nSPS) is 10.9. The molecule has 0 aliphatic heterocycles. The van der Waals surface area contributed by atoms with Crippen molar-refractivity contribution in [2.24, 2.45) is 0 Å². The van der Waals surface area contributed by atoms with Crippen LogP contribution in [0.2, 0.25) is 0 Å². The quantitative estimate of drug-likeness (QED) is 0.444. The van der Waals surface area contributed by atoms with E-state index in [1.807, 2.05) is 25.1 Å². The van der Waals surface area contributed by atoms with E-state index >= 15 is 0 Å². The first-order valence-electron chi connectivity index (χ1n) is 9.57. The fourth-order valence-corrected chi connectivity index (χ4v) is 3.16. The number of aromatic amines is 1. The molecule has 3 aromatic heterocycles. The van der Waals surface area contributed by atoms with Gasteiger partial charge in [-0.2, -0.15) is 4.39 Å². The van der Waals surface area contributed by atoms with Crippen LogP contribution in [0.4, 0.5) is 8.78 Å². The van der Waals surface area contributed by atoms with Gasteiger partial charge in [0.25, 0.3) is 0 Å². The molecule has 0 bridgehead atoms. The maximum Gasteiger partial charge on any atom is 0.212 e. The molecule has 1 N–H and O–H groups in total. The summed E-state index contributed by atoms with van der Waals surface area (Å²) < 4.78 is 32.8. The van der Waals surface area contributed by atoms with Crippen molar-refractivity contribution >= 4 is 0 Å². The summed E-state index contributed by atoms with van der Waals surface area (Å²) in [5.41, 5.74) is 4.62. The Hall–Kier alpha value is -3.61. The van der Waals surface area contributed by atoms with Crippen molar-refractivity contribution < 1.29 is 13.5 Å². The molecule has 0 aliphatic carbocycles. The maximum absolute atomic E-state index is 14.0. The average Bonchev–Trinajstić information content (AvgIpc) is 3.23. The van der Waals surface area contributed by atoms with Gasteiger partial charge in [0.1, 0.15) is 29.7 Å². The van der Waals surface area contributed by atoms with Gasteiger partial charge in [-0.3, -0.25) is 4.98 Å². The SMILES string of the molecule is CCc1cc(OCc2ncc(C)cc2F)ccc1-c1cnc(-c2ccc(F)nc2)[nH]1. The van der Waals surface area contributed by atoms with Gasteiger partial charge in [0.15, 0.2) is 0 Å². The molecule has 152 valence electrons. The van der Waals surface area contributed by atoms with Crippen LogP contribution >= 0.6 is 0 Å². The largest absolute Gasteiger partial charge is 0.487 e. The number of ether oxygens (including phenoxy) is 1. The van der Waals surface area contributed by atoms with Crippen LogP contribution in [0, 0.1) is 18.7 Å². The first-order valence-corrected chi connectivity index (χ1v) is 9.57. The number of H-pyrrole nitrogens is 1. The summed E-state index contributed by atoms with van der Waals surface area (Å²) >= 11 is 0. The van der Waals surface area contributed by atoms with E-state index in [1.54, 1.807) is 25.4 Å². The average molecular weight is 406 g/mol. The number of imidazole rings is 1. The van der Waals surface area contributed by atoms with Gasteiger partial charge in [0.2, 0.25) is 5.95 Å². The van der Waals surface area contributed by atoms with Gasteiger partial charge in [-0.15, -0.1) is 0 Å². The highest BCUT2D eigenvalue weighted by Crippen LogP contribution is 2.29. The number of hydrogen-bond donors (Lipinski definition) is 1. The molecule has 0 amide bonds. The van der Waals surface area contributed by atoms with Crippen LogP contribution in [-0.2, 0) is 13.0 Å². The second kappa shape index (κ2) is 8.41. The number of hydrogen-bond acceptors (Lipinski definition) is 4. The summed E-state index contributed by atoms with van der Waals surface area (Å²) in [4.78, 5) is 15.4. The van der Waals surface area contributed by atoms with Gasteiger partial charge in [0, 0.05) is 23.5 Å². The molecule has 4 rings (SSSR count). The first-order chi connectivity index (χ1) is 14.5. The van der Waals surface area contributed by atoms with E-state index in [2.05, 4.69) is 19.9 Å². The van der Waals surface area contributed by atoms with E-state index in [4.69, 9.17) is 4.74 Å². The number of benzene rings is 1. The lowest BCUT2D eigenvalue weighted by Crippen LogP contribution is -2.02. The Morgan fingerprint density at radius 2 is 1.83 bits per heavy atom. The molecule has 0 saturated carbocycles. The van der Waals surface area contributed by atoms with Gasteiger partial charge in [-0.05, 0) is 60.9 Å². The molecule has 0 radical (unpaired) electrons. The molecule has 0 unspecified atom stereocenters. The molecular formula is C23H20F2N4O. The molecule has 0 fully saturated rings. The standard InChI is InChI=1S/C23H20F2N4O/c1-3-15-9-17(30-13-21-19(24)8-14(2)10-26-21)5-6-18(15)20-12-28-23(29-20)16-4-7-22(25)27-11-16/h4-12H,3,13H2,1-2H3,(H,28,29). The number of halogens is 2. The maximum atomic E-state index is 14.0. The third-order valence-corrected chi connectivity index (χ3v) is 4.75. The van der Waals surface area contributed by atoms with Crippen molar-refractivity contribution in [2.75, 3.05) is 0 Å². The molecule has 3 heterocycles. The van der Waals surface area contributed by atoms with Crippen molar-refractivity contribution in [2.45, 2.75) is 26.9 Å². The summed E-state index contributed by atoms with van der Waals surface area (Å²) in [6, 6.07) is 10.1. The molecule has 7 heteroatoms. The van der Waals surface area contributed by atoms with E-state index < -0.39 is 5.95 Å². The van der Waals surface area contributed by atoms with Gasteiger partial charge in [0.05, 0.1) is 11.9 Å². The van der Waals surface area contributed by atoms with E-state index in [0.717, 1.165) is 28.8 Å². The highest BCUT2D eigenvalue weighted by atomic mass is 19.1. The van der Waals surface area contributed by atoms with Crippen LogP contribution in [-0.4, -0.2) is 19.9 Å². The topological polar surface area (TPSA) is 63.7 Å². The summed E-state index contributed by atoms with van der Waals surface area (Å²) in [6.45, 7) is 3.89. The zero-order chi connectivity index (χ0) is 21.1. The smallest absolute Gasteiger partial charge is 0.212 e. The Morgan fingerprint density at radius 1 is 0.967 bits per heavy atom. The minimum atomic E-state index is -0.532.